The lowest BCUT2D eigenvalue weighted by atomic mass is 10.2. The summed E-state index contributed by atoms with van der Waals surface area (Å²) in [5.74, 6) is 0.845. The molecule has 0 radical (unpaired) electrons. The van der Waals surface area contributed by atoms with Crippen LogP contribution in [0, 0.1) is 13.8 Å². The van der Waals surface area contributed by atoms with E-state index in [1.54, 1.807) is 7.11 Å². The van der Waals surface area contributed by atoms with Crippen LogP contribution in [0.15, 0.2) is 16.7 Å². The fourth-order valence-corrected chi connectivity index (χ4v) is 1.93. The highest BCUT2D eigenvalue weighted by atomic mass is 79.9. The van der Waals surface area contributed by atoms with Crippen molar-refractivity contribution in [3.63, 3.8) is 0 Å². The molecule has 2 heterocycles. The Labute approximate surface area is 90.8 Å². The molecule has 74 valence electrons. The normalized spacial score (nSPS) is 10.9. The Bertz CT molecular complexity index is 490. The van der Waals surface area contributed by atoms with Gasteiger partial charge in [0.25, 0.3) is 0 Å². The molecule has 2 aromatic heterocycles. The number of fused-ring (bicyclic) bond motifs is 1. The number of nitrogens with zero attached hydrogens (tertiary/aromatic N) is 2. The van der Waals surface area contributed by atoms with Crippen LogP contribution in [-0.2, 0) is 0 Å². The van der Waals surface area contributed by atoms with E-state index >= 15 is 0 Å². The van der Waals surface area contributed by atoms with E-state index in [9.17, 15) is 0 Å². The maximum absolute atomic E-state index is 5.31. The zero-order chi connectivity index (χ0) is 10.3. The fourth-order valence-electron chi connectivity index (χ4n) is 1.52. The zero-order valence-electron chi connectivity index (χ0n) is 8.34. The Morgan fingerprint density at radius 2 is 2.14 bits per heavy atom. The van der Waals surface area contributed by atoms with Crippen LogP contribution < -0.4 is 4.74 Å². The molecule has 0 spiro atoms. The molecule has 0 unspecified atom stereocenters. The number of aromatic nitrogens is 2. The molecular formula is C10H11BrN2O. The first-order chi connectivity index (χ1) is 6.63. The second-order valence-corrected chi connectivity index (χ2v) is 4.15. The van der Waals surface area contributed by atoms with Gasteiger partial charge >= 0.3 is 0 Å². The Balaban J connectivity index is 2.88. The predicted octanol–water partition coefficient (Wildman–Crippen LogP) is 2.72. The van der Waals surface area contributed by atoms with Crippen molar-refractivity contribution in [2.24, 2.45) is 0 Å². The van der Waals surface area contributed by atoms with Crippen LogP contribution in [0.3, 0.4) is 0 Å². The van der Waals surface area contributed by atoms with Gasteiger partial charge in [-0.05, 0) is 35.8 Å². The average Bonchev–Trinajstić information content (AvgIpc) is 2.41. The molecule has 2 rings (SSSR count). The zero-order valence-corrected chi connectivity index (χ0v) is 9.92. The summed E-state index contributed by atoms with van der Waals surface area (Å²) in [6.07, 6.45) is 1.93. The average molecular weight is 255 g/mol. The van der Waals surface area contributed by atoms with Gasteiger partial charge in [0.15, 0.2) is 0 Å². The van der Waals surface area contributed by atoms with Gasteiger partial charge in [-0.2, -0.15) is 5.10 Å². The van der Waals surface area contributed by atoms with Crippen molar-refractivity contribution in [3.05, 3.63) is 28.0 Å². The highest BCUT2D eigenvalue weighted by Crippen LogP contribution is 2.28. The van der Waals surface area contributed by atoms with Gasteiger partial charge in [0.1, 0.15) is 11.3 Å². The van der Waals surface area contributed by atoms with Gasteiger partial charge in [-0.1, -0.05) is 0 Å². The van der Waals surface area contributed by atoms with Crippen LogP contribution in [-0.4, -0.2) is 16.7 Å². The highest BCUT2D eigenvalue weighted by Gasteiger charge is 2.10. The Morgan fingerprint density at radius 1 is 1.43 bits per heavy atom. The lowest BCUT2D eigenvalue weighted by Gasteiger charge is -2.04. The van der Waals surface area contributed by atoms with Gasteiger partial charge in [-0.15, -0.1) is 0 Å². The van der Waals surface area contributed by atoms with E-state index in [0.717, 1.165) is 27.0 Å². The van der Waals surface area contributed by atoms with Crippen LogP contribution in [0.1, 0.15) is 11.3 Å². The minimum Gasteiger partial charge on any atom is -0.494 e. The number of hydrogen-bond acceptors (Lipinski definition) is 2. The number of halogens is 1. The van der Waals surface area contributed by atoms with Crippen molar-refractivity contribution in [2.45, 2.75) is 13.8 Å². The molecule has 2 aromatic rings. The van der Waals surface area contributed by atoms with Gasteiger partial charge in [-0.3, -0.25) is 0 Å². The summed E-state index contributed by atoms with van der Waals surface area (Å²) in [5, 5.41) is 4.39. The summed E-state index contributed by atoms with van der Waals surface area (Å²) < 4.78 is 8.11. The Hall–Kier alpha value is -1.03. The number of rotatable bonds is 1. The highest BCUT2D eigenvalue weighted by molar-refractivity contribution is 9.10. The molecule has 0 aliphatic rings. The number of hydrogen-bond donors (Lipinski definition) is 0. The Kier molecular flexibility index (Phi) is 2.23. The van der Waals surface area contributed by atoms with E-state index in [2.05, 4.69) is 21.0 Å². The third kappa shape index (κ3) is 1.30. The van der Waals surface area contributed by atoms with Gasteiger partial charge in [0.05, 0.1) is 12.8 Å². The molecule has 0 bridgehead atoms. The molecule has 4 heteroatoms. The van der Waals surface area contributed by atoms with Crippen molar-refractivity contribution in [2.75, 3.05) is 7.11 Å². The monoisotopic (exact) mass is 254 g/mol. The molecule has 0 amide bonds. The van der Waals surface area contributed by atoms with Crippen LogP contribution in [0.5, 0.6) is 5.75 Å². The smallest absolute Gasteiger partial charge is 0.146 e. The van der Waals surface area contributed by atoms with Crippen molar-refractivity contribution < 1.29 is 4.74 Å². The van der Waals surface area contributed by atoms with Crippen LogP contribution >= 0.6 is 15.9 Å². The maximum atomic E-state index is 5.31. The largest absolute Gasteiger partial charge is 0.494 e. The first-order valence-corrected chi connectivity index (χ1v) is 5.12. The van der Waals surface area contributed by atoms with Crippen molar-refractivity contribution in [1.29, 1.82) is 0 Å². The molecule has 0 saturated carbocycles. The lowest BCUT2D eigenvalue weighted by Crippen LogP contribution is -1.92. The lowest BCUT2D eigenvalue weighted by molar-refractivity contribution is 0.417. The minimum absolute atomic E-state index is 0.845. The van der Waals surface area contributed by atoms with E-state index in [1.165, 1.54) is 0 Å². The first-order valence-electron chi connectivity index (χ1n) is 4.32. The maximum Gasteiger partial charge on any atom is 0.146 e. The first kappa shape index (κ1) is 9.52. The molecule has 0 N–H and O–H groups in total. The number of methoxy groups -OCH3 is 1. The molecule has 0 fully saturated rings. The summed E-state index contributed by atoms with van der Waals surface area (Å²) in [6, 6.07) is 1.95. The number of aryl methyl sites for hydroxylation is 2. The van der Waals surface area contributed by atoms with Crippen molar-refractivity contribution in [1.82, 2.24) is 9.61 Å². The molecule has 0 aliphatic carbocycles. The van der Waals surface area contributed by atoms with Gasteiger partial charge in [0, 0.05) is 16.2 Å². The number of ether oxygens (including phenoxy) is 1. The Morgan fingerprint density at radius 3 is 2.79 bits per heavy atom. The van der Waals surface area contributed by atoms with Gasteiger partial charge < -0.3 is 4.74 Å². The summed E-state index contributed by atoms with van der Waals surface area (Å²) in [6.45, 7) is 4.05. The van der Waals surface area contributed by atoms with E-state index in [-0.39, 0.29) is 0 Å². The molecular weight excluding hydrogens is 244 g/mol. The summed E-state index contributed by atoms with van der Waals surface area (Å²) in [5.41, 5.74) is 3.23. The van der Waals surface area contributed by atoms with E-state index in [1.807, 2.05) is 30.6 Å². The number of pyridine rings is 1. The fraction of sp³-hybridized carbons (Fsp3) is 0.300. The SMILES string of the molecule is COc1cc(Br)cn2nc(C)c(C)c12. The molecule has 0 atom stereocenters. The topological polar surface area (TPSA) is 26.5 Å². The second-order valence-electron chi connectivity index (χ2n) is 3.23. The molecule has 14 heavy (non-hydrogen) atoms. The third-order valence-corrected chi connectivity index (χ3v) is 2.79. The van der Waals surface area contributed by atoms with Crippen LogP contribution in [0.2, 0.25) is 0 Å². The minimum atomic E-state index is 0.845. The van der Waals surface area contributed by atoms with E-state index < -0.39 is 0 Å². The van der Waals surface area contributed by atoms with Gasteiger partial charge in [-0.25, -0.2) is 4.52 Å². The third-order valence-electron chi connectivity index (χ3n) is 2.35. The standard InChI is InChI=1S/C10H11BrN2O/c1-6-7(2)12-13-5-8(11)4-9(14-3)10(6)13/h4-5H,1-3H3. The summed E-state index contributed by atoms with van der Waals surface area (Å²) >= 11 is 3.42. The van der Waals surface area contributed by atoms with Crippen molar-refractivity contribution in [3.8, 4) is 5.75 Å². The second kappa shape index (κ2) is 3.28. The van der Waals surface area contributed by atoms with Crippen LogP contribution in [0.4, 0.5) is 0 Å². The molecule has 3 nitrogen and oxygen atoms in total. The molecule has 0 saturated heterocycles. The predicted molar refractivity (Wildman–Crippen MR) is 58.9 cm³/mol. The quantitative estimate of drug-likeness (QED) is 0.783. The molecule has 0 aliphatic heterocycles. The van der Waals surface area contributed by atoms with Gasteiger partial charge in [0.2, 0.25) is 0 Å². The molecule has 0 aromatic carbocycles. The summed E-state index contributed by atoms with van der Waals surface area (Å²) in [7, 11) is 1.67. The summed E-state index contributed by atoms with van der Waals surface area (Å²) in [4.78, 5) is 0. The van der Waals surface area contributed by atoms with Crippen molar-refractivity contribution >= 4 is 21.4 Å². The van der Waals surface area contributed by atoms with E-state index in [4.69, 9.17) is 4.74 Å². The van der Waals surface area contributed by atoms with E-state index in [0.29, 0.717) is 0 Å². The van der Waals surface area contributed by atoms with Crippen LogP contribution in [0.25, 0.3) is 5.52 Å².